The van der Waals surface area contributed by atoms with Crippen LogP contribution >= 0.6 is 0 Å². The summed E-state index contributed by atoms with van der Waals surface area (Å²) in [7, 11) is 1.37. The molecule has 0 radical (unpaired) electrons. The fourth-order valence-electron chi connectivity index (χ4n) is 10.9. The van der Waals surface area contributed by atoms with Gasteiger partial charge >= 0.3 is 18.1 Å². The number of rotatable bonds is 20. The predicted octanol–water partition coefficient (Wildman–Crippen LogP) is 10.9. The van der Waals surface area contributed by atoms with Gasteiger partial charge in [-0.3, -0.25) is 19.6 Å². The van der Waals surface area contributed by atoms with Gasteiger partial charge in [-0.1, -0.05) is 96.0 Å². The van der Waals surface area contributed by atoms with Crippen LogP contribution in [0.3, 0.4) is 0 Å². The average Bonchev–Trinajstić information content (AvgIpc) is 3.92. The number of hydrogen-bond donors (Lipinski definition) is 0. The van der Waals surface area contributed by atoms with Gasteiger partial charge in [0.1, 0.15) is 41.4 Å². The van der Waals surface area contributed by atoms with Crippen molar-refractivity contribution in [2.24, 2.45) is 0 Å². The van der Waals surface area contributed by atoms with Gasteiger partial charge in [-0.05, 0) is 62.2 Å². The number of benzene rings is 2. The summed E-state index contributed by atoms with van der Waals surface area (Å²) in [5, 5.41) is 0.984. The highest BCUT2D eigenvalue weighted by molar-refractivity contribution is 6.03. The summed E-state index contributed by atoms with van der Waals surface area (Å²) in [6.45, 7) is 4.29. The summed E-state index contributed by atoms with van der Waals surface area (Å²) in [4.78, 5) is 46.0. The molecule has 65 heavy (non-hydrogen) atoms. The Balaban J connectivity index is 1.05. The van der Waals surface area contributed by atoms with Crippen LogP contribution in [0.1, 0.15) is 134 Å². The number of carbonyl (C=O) groups excluding carboxylic acids is 2. The molecule has 0 spiro atoms. The van der Waals surface area contributed by atoms with Crippen molar-refractivity contribution in [3.63, 3.8) is 0 Å². The average molecular weight is 897 g/mol. The first-order valence-corrected chi connectivity index (χ1v) is 24.1. The number of nitrogens with zero attached hydrogens (tertiary/aromatic N) is 6. The zero-order valence-corrected chi connectivity index (χ0v) is 38.0. The molecule has 1 amide bonds. The largest absolute Gasteiger partial charge is 0.461 e. The number of piperazine rings is 1. The van der Waals surface area contributed by atoms with E-state index in [-0.39, 0.29) is 64.6 Å². The number of carbonyl (C=O) groups is 2. The number of halogens is 3. The standard InChI is InChI=1S/C51H63F3N6O5/c1-4-6-7-8-9-10-11-12-13-14-15-16-17-19-43(61)65-38-26-34-20-23-42(53)39(5-2)44(34)40(27-38)46-45(54)47-41(29-55-46)48(58-31-36-21-22-37(32-58)60(36)50(62)63-3)57-49(56-47)64-33-51-24-18-25-59(51)30-35(52)28-51/h2,20,23,26-27,29,35-37H,4,6-19,21-22,24-25,28,30-33H2,1,3H3/t35-,36?,37?,51+/m1/s1. The Morgan fingerprint density at radius 3 is 2.29 bits per heavy atom. The minimum atomic E-state index is -0.971. The monoisotopic (exact) mass is 896 g/mol. The number of alkyl halides is 1. The normalized spacial score (nSPS) is 21.6. The van der Waals surface area contributed by atoms with E-state index in [2.05, 4.69) is 27.7 Å². The van der Waals surface area contributed by atoms with E-state index in [1.165, 1.54) is 89.3 Å². The van der Waals surface area contributed by atoms with Crippen LogP contribution in [0.4, 0.5) is 23.8 Å². The first kappa shape index (κ1) is 46.4. The van der Waals surface area contributed by atoms with Crippen molar-refractivity contribution in [2.75, 3.05) is 44.8 Å². The van der Waals surface area contributed by atoms with Crippen LogP contribution in [-0.2, 0) is 9.53 Å². The van der Waals surface area contributed by atoms with Gasteiger partial charge in [-0.2, -0.15) is 9.97 Å². The molecule has 4 atom stereocenters. The first-order valence-electron chi connectivity index (χ1n) is 24.1. The Hall–Kier alpha value is -5.16. The third kappa shape index (κ3) is 10.2. The van der Waals surface area contributed by atoms with E-state index in [1.54, 1.807) is 11.0 Å². The van der Waals surface area contributed by atoms with Crippen molar-refractivity contribution in [3.8, 4) is 35.4 Å². The summed E-state index contributed by atoms with van der Waals surface area (Å²) < 4.78 is 65.0. The maximum absolute atomic E-state index is 17.5. The van der Waals surface area contributed by atoms with Crippen LogP contribution in [0, 0.1) is 24.0 Å². The van der Waals surface area contributed by atoms with Gasteiger partial charge < -0.3 is 19.1 Å². The van der Waals surface area contributed by atoms with Crippen LogP contribution in [-0.4, -0.2) is 101 Å². The summed E-state index contributed by atoms with van der Waals surface area (Å²) in [5.41, 5.74) is -0.736. The van der Waals surface area contributed by atoms with E-state index in [1.807, 2.05) is 4.90 Å². The molecule has 6 heterocycles. The number of amides is 1. The van der Waals surface area contributed by atoms with E-state index in [9.17, 15) is 14.0 Å². The van der Waals surface area contributed by atoms with Crippen LogP contribution < -0.4 is 14.4 Å². The number of pyridine rings is 1. The molecule has 8 rings (SSSR count). The molecule has 348 valence electrons. The Labute approximate surface area is 380 Å². The number of unbranched alkanes of at least 4 members (excludes halogenated alkanes) is 12. The van der Waals surface area contributed by atoms with Crippen LogP contribution in [0.5, 0.6) is 11.8 Å². The van der Waals surface area contributed by atoms with E-state index < -0.39 is 35.4 Å². The maximum Gasteiger partial charge on any atom is 0.410 e. The molecule has 4 fully saturated rings. The fraction of sp³-hybridized carbons (Fsp3) is 0.588. The molecule has 2 aromatic carbocycles. The molecule has 0 aliphatic carbocycles. The highest BCUT2D eigenvalue weighted by Gasteiger charge is 2.50. The predicted molar refractivity (Wildman–Crippen MR) is 246 cm³/mol. The second-order valence-electron chi connectivity index (χ2n) is 18.6. The molecule has 0 N–H and O–H groups in total. The molecule has 4 aliphatic rings. The van der Waals surface area contributed by atoms with Crippen molar-refractivity contribution >= 4 is 39.6 Å². The number of aromatic nitrogens is 3. The molecule has 0 saturated carbocycles. The molecular formula is C51H63F3N6O5. The third-order valence-electron chi connectivity index (χ3n) is 14.2. The van der Waals surface area contributed by atoms with Gasteiger partial charge in [-0.15, -0.1) is 6.42 Å². The number of methoxy groups -OCH3 is 1. The number of ether oxygens (including phenoxy) is 3. The van der Waals surface area contributed by atoms with Gasteiger partial charge in [0.15, 0.2) is 5.82 Å². The maximum atomic E-state index is 17.5. The summed E-state index contributed by atoms with van der Waals surface area (Å²) in [5.74, 6) is 1.05. The van der Waals surface area contributed by atoms with Gasteiger partial charge in [0.25, 0.3) is 0 Å². The van der Waals surface area contributed by atoms with E-state index in [0.29, 0.717) is 49.1 Å². The lowest BCUT2D eigenvalue weighted by molar-refractivity contribution is -0.134. The molecule has 4 saturated heterocycles. The Bertz CT molecular complexity index is 2380. The Kier molecular flexibility index (Phi) is 15.0. The van der Waals surface area contributed by atoms with Gasteiger partial charge in [0.05, 0.1) is 35.7 Å². The molecule has 14 heteroatoms. The number of hydrogen-bond acceptors (Lipinski definition) is 10. The van der Waals surface area contributed by atoms with Crippen LogP contribution in [0.2, 0.25) is 0 Å². The summed E-state index contributed by atoms with van der Waals surface area (Å²) in [6.07, 6.45) is 25.2. The molecule has 2 bridgehead atoms. The SMILES string of the molecule is C#Cc1c(F)ccc2cc(OC(=O)CCCCCCCCCCCCCCC)cc(-c3ncc4c(N5CC6CCC(C5)N6C(=O)OC)nc(OC[C@@]56CCCN5C[C@H](F)C6)nc4c3F)c12. The van der Waals surface area contributed by atoms with Crippen LogP contribution in [0.15, 0.2) is 30.5 Å². The molecule has 11 nitrogen and oxygen atoms in total. The van der Waals surface area contributed by atoms with Crippen molar-refractivity contribution in [1.29, 1.82) is 0 Å². The quantitative estimate of drug-likeness (QED) is 0.0368. The minimum absolute atomic E-state index is 0.0779. The van der Waals surface area contributed by atoms with E-state index in [4.69, 9.17) is 25.6 Å². The van der Waals surface area contributed by atoms with Crippen molar-refractivity contribution < 1.29 is 37.0 Å². The van der Waals surface area contributed by atoms with Gasteiger partial charge in [0.2, 0.25) is 0 Å². The molecule has 4 aliphatic heterocycles. The number of terminal acetylenes is 1. The third-order valence-corrected chi connectivity index (χ3v) is 14.2. The van der Waals surface area contributed by atoms with Crippen molar-refractivity contribution in [1.82, 2.24) is 24.8 Å². The molecule has 2 unspecified atom stereocenters. The minimum Gasteiger partial charge on any atom is -0.461 e. The summed E-state index contributed by atoms with van der Waals surface area (Å²) in [6, 6.07) is 5.45. The number of esters is 1. The topological polar surface area (TPSA) is 110 Å². The lowest BCUT2D eigenvalue weighted by Crippen LogP contribution is -2.56. The van der Waals surface area contributed by atoms with E-state index >= 15 is 8.78 Å². The van der Waals surface area contributed by atoms with Gasteiger partial charge in [0, 0.05) is 49.6 Å². The zero-order chi connectivity index (χ0) is 45.5. The molecule has 2 aromatic heterocycles. The molecular weight excluding hydrogens is 834 g/mol. The second-order valence-corrected chi connectivity index (χ2v) is 18.6. The van der Waals surface area contributed by atoms with Crippen LogP contribution in [0.25, 0.3) is 32.9 Å². The lowest BCUT2D eigenvalue weighted by atomic mass is 9.95. The van der Waals surface area contributed by atoms with Crippen molar-refractivity contribution in [3.05, 3.63) is 47.7 Å². The smallest absolute Gasteiger partial charge is 0.410 e. The highest BCUT2D eigenvalue weighted by atomic mass is 19.1. The van der Waals surface area contributed by atoms with E-state index in [0.717, 1.165) is 51.5 Å². The highest BCUT2D eigenvalue weighted by Crippen LogP contribution is 2.43. The Morgan fingerprint density at radius 2 is 1.62 bits per heavy atom. The van der Waals surface area contributed by atoms with Crippen molar-refractivity contribution in [2.45, 2.75) is 153 Å². The fourth-order valence-corrected chi connectivity index (χ4v) is 10.9. The summed E-state index contributed by atoms with van der Waals surface area (Å²) >= 11 is 0. The Morgan fingerprint density at radius 1 is 0.923 bits per heavy atom. The number of fused-ring (bicyclic) bond motifs is 5. The second kappa shape index (κ2) is 21.0. The lowest BCUT2D eigenvalue weighted by Gasteiger charge is -2.40. The molecule has 4 aromatic rings. The number of anilines is 1. The zero-order valence-electron chi connectivity index (χ0n) is 38.0. The van der Waals surface area contributed by atoms with Gasteiger partial charge in [-0.25, -0.2) is 18.0 Å². The first-order chi connectivity index (χ1) is 31.6.